The van der Waals surface area contributed by atoms with Crippen LogP contribution in [-0.2, 0) is 7.05 Å². The molecule has 1 fully saturated rings. The second-order valence-corrected chi connectivity index (χ2v) is 8.98. The van der Waals surface area contributed by atoms with Crippen molar-refractivity contribution in [3.8, 4) is 17.0 Å². The van der Waals surface area contributed by atoms with Crippen LogP contribution in [0.4, 0.5) is 25.0 Å². The summed E-state index contributed by atoms with van der Waals surface area (Å²) in [5, 5.41) is 9.37. The van der Waals surface area contributed by atoms with Gasteiger partial charge in [-0.25, -0.2) is 13.6 Å². The number of piperidine rings is 1. The zero-order chi connectivity index (χ0) is 24.1. The highest BCUT2D eigenvalue weighted by atomic mass is 79.9. The molecular weight excluding hydrogens is 508 g/mol. The van der Waals surface area contributed by atoms with Crippen molar-refractivity contribution in [3.05, 3.63) is 58.7 Å². The highest BCUT2D eigenvalue weighted by Crippen LogP contribution is 2.36. The Morgan fingerprint density at radius 3 is 2.62 bits per heavy atom. The average Bonchev–Trinajstić information content (AvgIpc) is 3.15. The number of likely N-dealkylation sites (tertiary alicyclic amines) is 1. The summed E-state index contributed by atoms with van der Waals surface area (Å²) >= 11 is 3.53. The Hall–Kier alpha value is -2.98. The number of hydrogen-bond acceptors (Lipinski definition) is 4. The lowest BCUT2D eigenvalue weighted by Gasteiger charge is -2.26. The van der Waals surface area contributed by atoms with E-state index in [1.807, 2.05) is 7.05 Å². The standard InChI is InChI=1S/C24H26BrF2N5O2/c1-31-23(19(25)15-28-31)18-14-17(29-24(33)30-21-7-5-16(26)13-20(21)27)6-8-22(18)34-12-11-32-9-3-2-4-10-32/h5-8,13-15H,2-4,9-12H2,1H3,(H2,29,30,33). The van der Waals surface area contributed by atoms with Crippen molar-refractivity contribution in [1.82, 2.24) is 14.7 Å². The van der Waals surface area contributed by atoms with Crippen LogP contribution in [0.1, 0.15) is 19.3 Å². The molecular formula is C24H26BrF2N5O2. The molecule has 0 unspecified atom stereocenters. The molecule has 180 valence electrons. The van der Waals surface area contributed by atoms with Crippen LogP contribution in [0.3, 0.4) is 0 Å². The Bertz CT molecular complexity index is 1140. The summed E-state index contributed by atoms with van der Waals surface area (Å²) in [5.41, 5.74) is 1.90. The van der Waals surface area contributed by atoms with Gasteiger partial charge in [-0.05, 0) is 72.2 Å². The van der Waals surface area contributed by atoms with Gasteiger partial charge < -0.3 is 15.4 Å². The number of carbonyl (C=O) groups is 1. The van der Waals surface area contributed by atoms with E-state index >= 15 is 0 Å². The maximum atomic E-state index is 13.9. The van der Waals surface area contributed by atoms with Crippen LogP contribution in [0.5, 0.6) is 5.75 Å². The monoisotopic (exact) mass is 533 g/mol. The van der Waals surface area contributed by atoms with E-state index in [0.717, 1.165) is 41.4 Å². The summed E-state index contributed by atoms with van der Waals surface area (Å²) in [6.07, 6.45) is 5.41. The van der Waals surface area contributed by atoms with E-state index in [2.05, 4.69) is 36.6 Å². The highest BCUT2D eigenvalue weighted by Gasteiger charge is 2.17. The molecule has 0 atom stereocenters. The Balaban J connectivity index is 1.51. The molecule has 2 amide bonds. The fourth-order valence-electron chi connectivity index (χ4n) is 3.98. The fraction of sp³-hybridized carbons (Fsp3) is 0.333. The molecule has 1 aliphatic heterocycles. The third-order valence-electron chi connectivity index (χ3n) is 5.68. The predicted octanol–water partition coefficient (Wildman–Crippen LogP) is 5.64. The molecule has 34 heavy (non-hydrogen) atoms. The number of benzene rings is 2. The summed E-state index contributed by atoms with van der Waals surface area (Å²) < 4.78 is 35.6. The third kappa shape index (κ3) is 5.92. The van der Waals surface area contributed by atoms with Crippen molar-refractivity contribution >= 4 is 33.3 Å². The zero-order valence-corrected chi connectivity index (χ0v) is 20.4. The summed E-state index contributed by atoms with van der Waals surface area (Å²) in [6, 6.07) is 7.58. The Labute approximate surface area is 205 Å². The van der Waals surface area contributed by atoms with E-state index in [-0.39, 0.29) is 5.69 Å². The first-order valence-electron chi connectivity index (χ1n) is 11.1. The topological polar surface area (TPSA) is 71.4 Å². The van der Waals surface area contributed by atoms with Gasteiger partial charge in [-0.15, -0.1) is 0 Å². The number of ether oxygens (including phenoxy) is 1. The summed E-state index contributed by atoms with van der Waals surface area (Å²) in [6.45, 7) is 3.57. The molecule has 0 saturated carbocycles. The molecule has 1 aromatic heterocycles. The predicted molar refractivity (Wildman–Crippen MR) is 131 cm³/mol. The summed E-state index contributed by atoms with van der Waals surface area (Å²) in [7, 11) is 1.82. The normalized spacial score (nSPS) is 14.1. The maximum Gasteiger partial charge on any atom is 0.323 e. The van der Waals surface area contributed by atoms with E-state index < -0.39 is 17.7 Å². The molecule has 3 aromatic rings. The van der Waals surface area contributed by atoms with Crippen LogP contribution >= 0.6 is 15.9 Å². The molecule has 2 heterocycles. The molecule has 2 aromatic carbocycles. The molecule has 0 bridgehead atoms. The van der Waals surface area contributed by atoms with E-state index in [1.165, 1.54) is 25.3 Å². The first kappa shape index (κ1) is 24.2. The second-order valence-electron chi connectivity index (χ2n) is 8.13. The lowest BCUT2D eigenvalue weighted by molar-refractivity contribution is 0.183. The number of aromatic nitrogens is 2. The van der Waals surface area contributed by atoms with Crippen molar-refractivity contribution in [3.63, 3.8) is 0 Å². The number of hydrogen-bond donors (Lipinski definition) is 2. The minimum atomic E-state index is -0.855. The number of aryl methyl sites for hydroxylation is 1. The van der Waals surface area contributed by atoms with Gasteiger partial charge >= 0.3 is 6.03 Å². The number of anilines is 2. The molecule has 0 spiro atoms. The number of amides is 2. The Morgan fingerprint density at radius 1 is 1.12 bits per heavy atom. The Kier molecular flexibility index (Phi) is 7.79. The molecule has 7 nitrogen and oxygen atoms in total. The molecule has 10 heteroatoms. The van der Waals surface area contributed by atoms with Gasteiger partial charge in [0.2, 0.25) is 0 Å². The van der Waals surface area contributed by atoms with Crippen LogP contribution in [-0.4, -0.2) is 47.0 Å². The van der Waals surface area contributed by atoms with Gasteiger partial charge in [0.05, 0.1) is 22.1 Å². The van der Waals surface area contributed by atoms with Crippen LogP contribution in [0.15, 0.2) is 47.1 Å². The minimum Gasteiger partial charge on any atom is -0.492 e. The largest absolute Gasteiger partial charge is 0.492 e. The lowest BCUT2D eigenvalue weighted by Crippen LogP contribution is -2.33. The van der Waals surface area contributed by atoms with Gasteiger partial charge in [0.25, 0.3) is 0 Å². The smallest absolute Gasteiger partial charge is 0.323 e. The maximum absolute atomic E-state index is 13.9. The first-order chi connectivity index (χ1) is 16.4. The van der Waals surface area contributed by atoms with Gasteiger partial charge in [0.15, 0.2) is 0 Å². The van der Waals surface area contributed by atoms with Crippen molar-refractivity contribution in [2.24, 2.45) is 7.05 Å². The van der Waals surface area contributed by atoms with Gasteiger partial charge in [-0.3, -0.25) is 9.58 Å². The molecule has 1 aliphatic rings. The molecule has 0 radical (unpaired) electrons. The Morgan fingerprint density at radius 2 is 1.91 bits per heavy atom. The van der Waals surface area contributed by atoms with Crippen molar-refractivity contribution in [1.29, 1.82) is 0 Å². The number of carbonyl (C=O) groups excluding carboxylic acids is 1. The van der Waals surface area contributed by atoms with Gasteiger partial charge in [0.1, 0.15) is 24.0 Å². The summed E-state index contributed by atoms with van der Waals surface area (Å²) in [5.74, 6) is -0.908. The molecule has 4 rings (SSSR count). The number of rotatable bonds is 7. The van der Waals surface area contributed by atoms with E-state index in [0.29, 0.717) is 24.1 Å². The van der Waals surface area contributed by atoms with Gasteiger partial charge in [-0.2, -0.15) is 5.10 Å². The van der Waals surface area contributed by atoms with E-state index in [4.69, 9.17) is 4.74 Å². The van der Waals surface area contributed by atoms with Crippen LogP contribution < -0.4 is 15.4 Å². The van der Waals surface area contributed by atoms with Crippen molar-refractivity contribution < 1.29 is 18.3 Å². The van der Waals surface area contributed by atoms with Crippen LogP contribution in [0.2, 0.25) is 0 Å². The lowest BCUT2D eigenvalue weighted by atomic mass is 10.1. The molecule has 0 aliphatic carbocycles. The van der Waals surface area contributed by atoms with Crippen LogP contribution in [0.25, 0.3) is 11.3 Å². The number of nitrogens with one attached hydrogen (secondary N) is 2. The van der Waals surface area contributed by atoms with Crippen molar-refractivity contribution in [2.75, 3.05) is 36.9 Å². The van der Waals surface area contributed by atoms with E-state index in [9.17, 15) is 13.6 Å². The number of halogens is 3. The van der Waals surface area contributed by atoms with Gasteiger partial charge in [0, 0.05) is 30.9 Å². The summed E-state index contributed by atoms with van der Waals surface area (Å²) in [4.78, 5) is 14.8. The highest BCUT2D eigenvalue weighted by molar-refractivity contribution is 9.10. The quantitative estimate of drug-likeness (QED) is 0.412. The number of nitrogens with zero attached hydrogens (tertiary/aromatic N) is 3. The SMILES string of the molecule is Cn1ncc(Br)c1-c1cc(NC(=O)Nc2ccc(F)cc2F)ccc1OCCN1CCCCC1. The average molecular weight is 534 g/mol. The zero-order valence-electron chi connectivity index (χ0n) is 18.8. The minimum absolute atomic E-state index is 0.119. The fourth-order valence-corrected chi connectivity index (χ4v) is 4.54. The van der Waals surface area contributed by atoms with Gasteiger partial charge in [-0.1, -0.05) is 6.42 Å². The second kappa shape index (κ2) is 11.0. The molecule has 1 saturated heterocycles. The third-order valence-corrected chi connectivity index (χ3v) is 6.26. The number of urea groups is 1. The molecule has 2 N–H and O–H groups in total. The first-order valence-corrected chi connectivity index (χ1v) is 11.9. The van der Waals surface area contributed by atoms with E-state index in [1.54, 1.807) is 29.1 Å². The van der Waals surface area contributed by atoms with Crippen molar-refractivity contribution in [2.45, 2.75) is 19.3 Å². The van der Waals surface area contributed by atoms with Crippen LogP contribution in [0, 0.1) is 11.6 Å².